The van der Waals surface area contributed by atoms with Crippen molar-refractivity contribution in [3.05, 3.63) is 29.3 Å². The minimum atomic E-state index is -3.55. The van der Waals surface area contributed by atoms with Crippen molar-refractivity contribution in [3.8, 4) is 0 Å². The van der Waals surface area contributed by atoms with Gasteiger partial charge in [0.2, 0.25) is 15.0 Å². The molecule has 1 atom stereocenters. The molecule has 0 spiro atoms. The molecule has 2 rings (SSSR count). The van der Waals surface area contributed by atoms with Gasteiger partial charge in [-0.25, -0.2) is 8.42 Å². The molecule has 21 heavy (non-hydrogen) atoms. The SMILES string of the molecule is O=C1CC(CS(=O)(=O)Cl)CN1CCSc1ccc(Cl)cc1. The van der Waals surface area contributed by atoms with E-state index in [9.17, 15) is 13.2 Å². The molecule has 1 heterocycles. The molecular weight excluding hydrogens is 353 g/mol. The predicted molar refractivity (Wildman–Crippen MR) is 86.5 cm³/mol. The average molecular weight is 368 g/mol. The number of carbonyl (C=O) groups excluding carboxylic acids is 1. The summed E-state index contributed by atoms with van der Waals surface area (Å²) in [5, 5.41) is 0.694. The largest absolute Gasteiger partial charge is 0.342 e. The van der Waals surface area contributed by atoms with Gasteiger partial charge in [0.25, 0.3) is 0 Å². The van der Waals surface area contributed by atoms with Crippen LogP contribution in [0.3, 0.4) is 0 Å². The Kier molecular flexibility index (Phi) is 5.82. The number of rotatable bonds is 6. The lowest BCUT2D eigenvalue weighted by Crippen LogP contribution is -2.28. The van der Waals surface area contributed by atoms with Crippen LogP contribution in [-0.2, 0) is 13.8 Å². The van der Waals surface area contributed by atoms with E-state index in [2.05, 4.69) is 0 Å². The maximum atomic E-state index is 11.8. The van der Waals surface area contributed by atoms with Crippen LogP contribution in [0.25, 0.3) is 0 Å². The molecule has 8 heteroatoms. The van der Waals surface area contributed by atoms with E-state index in [1.807, 2.05) is 24.3 Å². The van der Waals surface area contributed by atoms with E-state index >= 15 is 0 Å². The second-order valence-corrected chi connectivity index (χ2v) is 9.34. The predicted octanol–water partition coefficient (Wildman–Crippen LogP) is 2.85. The molecule has 1 saturated heterocycles. The van der Waals surface area contributed by atoms with E-state index in [-0.39, 0.29) is 24.0 Å². The first-order chi connectivity index (χ1) is 9.83. The molecule has 1 unspecified atom stereocenters. The summed E-state index contributed by atoms with van der Waals surface area (Å²) in [5.41, 5.74) is 0. The number of likely N-dealkylation sites (tertiary alicyclic amines) is 1. The standard InChI is InChI=1S/C13H15Cl2NO3S2/c14-11-1-3-12(4-2-11)20-6-5-16-8-10(7-13(16)17)9-21(15,18)19/h1-4,10H,5-9H2. The first-order valence-corrected chi connectivity index (χ1v) is 10.3. The van der Waals surface area contributed by atoms with Crippen LogP contribution in [0.4, 0.5) is 0 Å². The highest BCUT2D eigenvalue weighted by atomic mass is 35.7. The molecule has 1 fully saturated rings. The van der Waals surface area contributed by atoms with Crippen LogP contribution in [0.2, 0.25) is 5.02 Å². The van der Waals surface area contributed by atoms with Gasteiger partial charge in [0.15, 0.2) is 0 Å². The number of halogens is 2. The van der Waals surface area contributed by atoms with Crippen molar-refractivity contribution >= 4 is 49.0 Å². The molecule has 116 valence electrons. The molecule has 0 radical (unpaired) electrons. The second kappa shape index (κ2) is 7.22. The highest BCUT2D eigenvalue weighted by Crippen LogP contribution is 2.23. The maximum absolute atomic E-state index is 11.8. The van der Waals surface area contributed by atoms with E-state index in [1.54, 1.807) is 16.7 Å². The van der Waals surface area contributed by atoms with Gasteiger partial charge in [-0.15, -0.1) is 11.8 Å². The van der Waals surface area contributed by atoms with Crippen LogP contribution in [-0.4, -0.2) is 43.8 Å². The Morgan fingerprint density at radius 1 is 1.29 bits per heavy atom. The summed E-state index contributed by atoms with van der Waals surface area (Å²) in [6.45, 7) is 1.07. The van der Waals surface area contributed by atoms with Gasteiger partial charge in [0.05, 0.1) is 5.75 Å². The minimum Gasteiger partial charge on any atom is -0.342 e. The topological polar surface area (TPSA) is 54.5 Å². The zero-order chi connectivity index (χ0) is 15.5. The first kappa shape index (κ1) is 16.9. The molecule has 0 aromatic heterocycles. The molecule has 1 aromatic rings. The third-order valence-electron chi connectivity index (χ3n) is 3.17. The zero-order valence-corrected chi connectivity index (χ0v) is 14.3. The van der Waals surface area contributed by atoms with Gasteiger partial charge in [-0.2, -0.15) is 0 Å². The number of thioether (sulfide) groups is 1. The van der Waals surface area contributed by atoms with Gasteiger partial charge < -0.3 is 4.90 Å². The fourth-order valence-electron chi connectivity index (χ4n) is 2.27. The summed E-state index contributed by atoms with van der Waals surface area (Å²) in [7, 11) is 1.69. The number of benzene rings is 1. The van der Waals surface area contributed by atoms with Gasteiger partial charge in [0.1, 0.15) is 0 Å². The minimum absolute atomic E-state index is 0.00276. The van der Waals surface area contributed by atoms with Gasteiger partial charge in [-0.3, -0.25) is 4.79 Å². The van der Waals surface area contributed by atoms with Crippen LogP contribution < -0.4 is 0 Å². The summed E-state index contributed by atoms with van der Waals surface area (Å²) in [4.78, 5) is 14.6. The fraction of sp³-hybridized carbons (Fsp3) is 0.462. The molecule has 1 aliphatic heterocycles. The van der Waals surface area contributed by atoms with Crippen molar-refractivity contribution in [3.63, 3.8) is 0 Å². The summed E-state index contributed by atoms with van der Waals surface area (Å²) in [6, 6.07) is 7.52. The van der Waals surface area contributed by atoms with E-state index in [0.29, 0.717) is 18.1 Å². The highest BCUT2D eigenvalue weighted by Gasteiger charge is 2.31. The highest BCUT2D eigenvalue weighted by molar-refractivity contribution is 8.13. The lowest BCUT2D eigenvalue weighted by Gasteiger charge is -2.16. The number of hydrogen-bond donors (Lipinski definition) is 0. The normalized spacial score (nSPS) is 19.2. The van der Waals surface area contributed by atoms with E-state index in [1.165, 1.54) is 0 Å². The summed E-state index contributed by atoms with van der Waals surface area (Å²) < 4.78 is 22.1. The molecule has 0 N–H and O–H groups in total. The molecule has 1 aliphatic rings. The Morgan fingerprint density at radius 3 is 2.57 bits per heavy atom. The second-order valence-electron chi connectivity index (χ2n) is 4.92. The van der Waals surface area contributed by atoms with Crippen molar-refractivity contribution in [1.82, 2.24) is 4.90 Å². The summed E-state index contributed by atoms with van der Waals surface area (Å²) in [5.74, 6) is 0.423. The first-order valence-electron chi connectivity index (χ1n) is 6.42. The molecule has 1 aromatic carbocycles. The third-order valence-corrected chi connectivity index (χ3v) is 5.66. The summed E-state index contributed by atoms with van der Waals surface area (Å²) >= 11 is 7.45. The summed E-state index contributed by atoms with van der Waals surface area (Å²) in [6.07, 6.45) is 0.261. The number of nitrogens with zero attached hydrogens (tertiary/aromatic N) is 1. The Morgan fingerprint density at radius 2 is 1.95 bits per heavy atom. The van der Waals surface area contributed by atoms with Crippen LogP contribution in [0.1, 0.15) is 6.42 Å². The molecular formula is C13H15Cl2NO3S2. The Labute approximate surface area is 138 Å². The average Bonchev–Trinajstić information content (AvgIpc) is 2.70. The maximum Gasteiger partial charge on any atom is 0.232 e. The molecule has 0 aliphatic carbocycles. The van der Waals surface area contributed by atoms with Crippen molar-refractivity contribution in [1.29, 1.82) is 0 Å². The van der Waals surface area contributed by atoms with Crippen LogP contribution in [0.5, 0.6) is 0 Å². The van der Waals surface area contributed by atoms with Crippen LogP contribution >= 0.6 is 34.0 Å². The monoisotopic (exact) mass is 367 g/mol. The van der Waals surface area contributed by atoms with Crippen LogP contribution in [0.15, 0.2) is 29.2 Å². The Bertz CT molecular complexity index is 604. The lowest BCUT2D eigenvalue weighted by molar-refractivity contribution is -0.127. The zero-order valence-electron chi connectivity index (χ0n) is 11.2. The fourth-order valence-corrected chi connectivity index (χ4v) is 4.59. The lowest BCUT2D eigenvalue weighted by atomic mass is 10.1. The molecule has 4 nitrogen and oxygen atoms in total. The van der Waals surface area contributed by atoms with Crippen molar-refractivity contribution < 1.29 is 13.2 Å². The Hall–Kier alpha value is -0.430. The van der Waals surface area contributed by atoms with Gasteiger partial charge in [-0.1, -0.05) is 11.6 Å². The van der Waals surface area contributed by atoms with Gasteiger partial charge >= 0.3 is 0 Å². The third kappa shape index (κ3) is 5.70. The smallest absolute Gasteiger partial charge is 0.232 e. The van der Waals surface area contributed by atoms with Crippen molar-refractivity contribution in [2.24, 2.45) is 5.92 Å². The quantitative estimate of drug-likeness (QED) is 0.572. The Balaban J connectivity index is 1.78. The number of amides is 1. The van der Waals surface area contributed by atoms with Crippen molar-refractivity contribution in [2.75, 3.05) is 24.6 Å². The molecule has 1 amide bonds. The number of carbonyl (C=O) groups is 1. The van der Waals surface area contributed by atoms with Gasteiger partial charge in [0, 0.05) is 51.8 Å². The number of hydrogen-bond acceptors (Lipinski definition) is 4. The van der Waals surface area contributed by atoms with Crippen molar-refractivity contribution in [2.45, 2.75) is 11.3 Å². The molecule has 0 saturated carbocycles. The molecule has 0 bridgehead atoms. The van der Waals surface area contributed by atoms with Crippen LogP contribution in [0, 0.1) is 5.92 Å². The van der Waals surface area contributed by atoms with E-state index in [4.69, 9.17) is 22.3 Å². The van der Waals surface area contributed by atoms with E-state index in [0.717, 1.165) is 10.6 Å². The van der Waals surface area contributed by atoms with Gasteiger partial charge in [-0.05, 0) is 24.3 Å². The van der Waals surface area contributed by atoms with E-state index < -0.39 is 9.05 Å².